The van der Waals surface area contributed by atoms with Gasteiger partial charge in [-0.15, -0.1) is 12.8 Å². The highest BCUT2D eigenvalue weighted by atomic mass is 19.1. The van der Waals surface area contributed by atoms with Crippen molar-refractivity contribution in [3.63, 3.8) is 0 Å². The molecule has 1 rings (SSSR count). The largest absolute Gasteiger partial charge is 0.492 e. The molecule has 0 radical (unpaired) electrons. The van der Waals surface area contributed by atoms with Crippen molar-refractivity contribution >= 4 is 0 Å². The van der Waals surface area contributed by atoms with Crippen LogP contribution in [0.3, 0.4) is 0 Å². The molecule has 0 aliphatic carbocycles. The van der Waals surface area contributed by atoms with E-state index >= 15 is 0 Å². The molecule has 0 atom stereocenters. The van der Waals surface area contributed by atoms with E-state index in [0.717, 1.165) is 17.9 Å². The van der Waals surface area contributed by atoms with Crippen molar-refractivity contribution in [2.24, 2.45) is 0 Å². The summed E-state index contributed by atoms with van der Waals surface area (Å²) in [5, 5.41) is 0. The van der Waals surface area contributed by atoms with Gasteiger partial charge in [0.25, 0.3) is 0 Å². The molecule has 0 aromatic rings. The van der Waals surface area contributed by atoms with E-state index in [2.05, 4.69) is 17.7 Å². The smallest absolute Gasteiger partial charge is 0.117 e. The van der Waals surface area contributed by atoms with Crippen LogP contribution in [0.15, 0.2) is 23.5 Å². The summed E-state index contributed by atoms with van der Waals surface area (Å²) in [7, 11) is 0. The fourth-order valence-electron chi connectivity index (χ4n) is 1.80. The summed E-state index contributed by atoms with van der Waals surface area (Å²) in [4.78, 5) is 2.40. The van der Waals surface area contributed by atoms with Crippen molar-refractivity contribution in [2.45, 2.75) is 26.7 Å². The van der Waals surface area contributed by atoms with Gasteiger partial charge in [0, 0.05) is 6.54 Å². The summed E-state index contributed by atoms with van der Waals surface area (Å²) in [5.74, 6) is 0.803. The number of nitrogens with zero attached hydrogens (tertiary/aromatic N) is 1. The van der Waals surface area contributed by atoms with Crippen LogP contribution in [0.2, 0.25) is 0 Å². The Morgan fingerprint density at radius 3 is 2.39 bits per heavy atom. The molecule has 2 nitrogen and oxygen atoms in total. The van der Waals surface area contributed by atoms with E-state index in [1.807, 2.05) is 13.8 Å². The molecule has 1 saturated heterocycles. The predicted molar refractivity (Wildman–Crippen MR) is 75.0 cm³/mol. The molecule has 0 amide bonds. The van der Waals surface area contributed by atoms with Crippen LogP contribution in [0.25, 0.3) is 0 Å². The quantitative estimate of drug-likeness (QED) is 0.409. The number of terminal acetylenes is 1. The van der Waals surface area contributed by atoms with Gasteiger partial charge in [-0.1, -0.05) is 6.08 Å². The van der Waals surface area contributed by atoms with E-state index in [1.54, 1.807) is 6.08 Å². The molecule has 0 aromatic heterocycles. The van der Waals surface area contributed by atoms with Gasteiger partial charge in [-0.25, -0.2) is 4.39 Å². The lowest BCUT2D eigenvalue weighted by atomic mass is 10.3. The Kier molecular flexibility index (Phi) is 10.1. The predicted octanol–water partition coefficient (Wildman–Crippen LogP) is 3.17. The Morgan fingerprint density at radius 1 is 1.28 bits per heavy atom. The summed E-state index contributed by atoms with van der Waals surface area (Å²) >= 11 is 0. The molecule has 0 aromatic carbocycles. The van der Waals surface area contributed by atoms with Crippen molar-refractivity contribution < 1.29 is 9.13 Å². The number of hydrogen-bond donors (Lipinski definition) is 0. The van der Waals surface area contributed by atoms with Crippen LogP contribution in [0, 0.1) is 12.8 Å². The van der Waals surface area contributed by atoms with E-state index < -0.39 is 6.67 Å². The molecule has 102 valence electrons. The van der Waals surface area contributed by atoms with Crippen molar-refractivity contribution in [3.05, 3.63) is 23.5 Å². The average Bonchev–Trinajstić information content (AvgIpc) is 2.88. The van der Waals surface area contributed by atoms with Gasteiger partial charge in [-0.2, -0.15) is 0 Å². The first-order chi connectivity index (χ1) is 8.74. The van der Waals surface area contributed by atoms with Crippen molar-refractivity contribution in [1.29, 1.82) is 0 Å². The minimum absolute atomic E-state index is 0.438. The number of alkyl halides is 1. The topological polar surface area (TPSA) is 12.5 Å². The zero-order valence-electron chi connectivity index (χ0n) is 11.5. The van der Waals surface area contributed by atoms with Gasteiger partial charge in [0.15, 0.2) is 0 Å². The van der Waals surface area contributed by atoms with Crippen molar-refractivity contribution in [1.82, 2.24) is 4.90 Å². The molecule has 0 bridgehead atoms. The fraction of sp³-hybridized carbons (Fsp3) is 0.600. The fourth-order valence-corrected chi connectivity index (χ4v) is 1.80. The Labute approximate surface area is 111 Å². The standard InChI is InChI=1S/C13H22FNO.C2H2/c1-12(2)13(6-5-7-14)16-11-10-15-8-3-4-9-15;1-2/h5-6H,3-4,7-11H2,1-2H3;1-2H/b6-5-;. The summed E-state index contributed by atoms with van der Waals surface area (Å²) in [5.41, 5.74) is 1.09. The number of hydrogen-bond acceptors (Lipinski definition) is 2. The lowest BCUT2D eigenvalue weighted by Gasteiger charge is -2.15. The van der Waals surface area contributed by atoms with E-state index in [1.165, 1.54) is 32.0 Å². The van der Waals surface area contributed by atoms with Crippen molar-refractivity contribution in [2.75, 3.05) is 32.9 Å². The Balaban J connectivity index is 0.00000137. The molecule has 1 aliphatic heterocycles. The molecule has 0 spiro atoms. The van der Waals surface area contributed by atoms with E-state index in [0.29, 0.717) is 6.61 Å². The summed E-state index contributed by atoms with van der Waals surface area (Å²) < 4.78 is 17.7. The van der Waals surface area contributed by atoms with E-state index in [9.17, 15) is 4.39 Å². The number of ether oxygens (including phenoxy) is 1. The first-order valence-corrected chi connectivity index (χ1v) is 6.32. The molecule has 0 saturated carbocycles. The molecular weight excluding hydrogens is 229 g/mol. The van der Waals surface area contributed by atoms with Gasteiger partial charge in [0.1, 0.15) is 19.0 Å². The monoisotopic (exact) mass is 253 g/mol. The van der Waals surface area contributed by atoms with Gasteiger partial charge in [-0.3, -0.25) is 4.90 Å². The zero-order chi connectivity index (χ0) is 13.8. The van der Waals surface area contributed by atoms with Crippen LogP contribution in [-0.2, 0) is 4.74 Å². The van der Waals surface area contributed by atoms with E-state index in [4.69, 9.17) is 4.74 Å². The maximum absolute atomic E-state index is 12.0. The second kappa shape index (κ2) is 10.9. The number of allylic oxidation sites excluding steroid dienone is 3. The van der Waals surface area contributed by atoms with Gasteiger partial charge in [-0.05, 0) is 51.4 Å². The van der Waals surface area contributed by atoms with Crippen LogP contribution in [0.1, 0.15) is 26.7 Å². The number of rotatable bonds is 6. The number of halogens is 1. The van der Waals surface area contributed by atoms with E-state index in [-0.39, 0.29) is 0 Å². The third-order valence-corrected chi connectivity index (χ3v) is 2.71. The first-order valence-electron chi connectivity index (χ1n) is 6.32. The lowest BCUT2D eigenvalue weighted by Crippen LogP contribution is -2.23. The summed E-state index contributed by atoms with van der Waals surface area (Å²) in [6, 6.07) is 0. The molecule has 0 unspecified atom stereocenters. The Hall–Kier alpha value is -1.27. The second-order valence-corrected chi connectivity index (χ2v) is 4.32. The van der Waals surface area contributed by atoms with Crippen LogP contribution < -0.4 is 0 Å². The second-order valence-electron chi connectivity index (χ2n) is 4.32. The summed E-state index contributed by atoms with van der Waals surface area (Å²) in [6.45, 7) is 7.56. The molecule has 18 heavy (non-hydrogen) atoms. The van der Waals surface area contributed by atoms with Crippen molar-refractivity contribution in [3.8, 4) is 12.8 Å². The van der Waals surface area contributed by atoms with Gasteiger partial charge < -0.3 is 4.74 Å². The molecular formula is C15H24FNO. The third-order valence-electron chi connectivity index (χ3n) is 2.71. The highest BCUT2D eigenvalue weighted by molar-refractivity contribution is 5.17. The minimum Gasteiger partial charge on any atom is -0.492 e. The van der Waals surface area contributed by atoms with Crippen LogP contribution >= 0.6 is 0 Å². The lowest BCUT2D eigenvalue weighted by molar-refractivity contribution is 0.177. The maximum atomic E-state index is 12.0. The third kappa shape index (κ3) is 7.13. The minimum atomic E-state index is -0.438. The van der Waals surface area contributed by atoms with Gasteiger partial charge >= 0.3 is 0 Å². The van der Waals surface area contributed by atoms with Gasteiger partial charge in [0.2, 0.25) is 0 Å². The highest BCUT2D eigenvalue weighted by Crippen LogP contribution is 2.10. The van der Waals surface area contributed by atoms with Gasteiger partial charge in [0.05, 0.1) is 0 Å². The zero-order valence-corrected chi connectivity index (χ0v) is 11.5. The Morgan fingerprint density at radius 2 is 1.89 bits per heavy atom. The number of likely N-dealkylation sites (tertiary alicyclic amines) is 1. The molecule has 1 fully saturated rings. The van der Waals surface area contributed by atoms with Crippen LogP contribution in [0.4, 0.5) is 4.39 Å². The summed E-state index contributed by atoms with van der Waals surface area (Å²) in [6.07, 6.45) is 13.8. The van der Waals surface area contributed by atoms with Crippen LogP contribution in [0.5, 0.6) is 0 Å². The maximum Gasteiger partial charge on any atom is 0.117 e. The molecule has 0 N–H and O–H groups in total. The first kappa shape index (κ1) is 16.7. The molecule has 3 heteroatoms. The Bertz CT molecular complexity index is 284. The van der Waals surface area contributed by atoms with Crippen LogP contribution in [-0.4, -0.2) is 37.8 Å². The normalized spacial score (nSPS) is 15.2. The molecule has 1 aliphatic rings. The average molecular weight is 253 g/mol. The SMILES string of the molecule is C#C.CC(C)=C(/C=C\CF)OCCN1CCCC1. The highest BCUT2D eigenvalue weighted by Gasteiger charge is 2.10. The molecule has 1 heterocycles.